The molecule has 1 amide bonds. The van der Waals surface area contributed by atoms with Crippen LogP contribution in [0.5, 0.6) is 0 Å². The van der Waals surface area contributed by atoms with Crippen LogP contribution in [0.4, 0.5) is 15.8 Å². The Bertz CT molecular complexity index is 734. The van der Waals surface area contributed by atoms with Crippen LogP contribution in [0.1, 0.15) is 15.9 Å². The highest BCUT2D eigenvalue weighted by Gasteiger charge is 2.17. The summed E-state index contributed by atoms with van der Waals surface area (Å²) in [5.74, 6) is -1.12. The third-order valence-corrected chi connectivity index (χ3v) is 3.24. The number of benzene rings is 2. The SMILES string of the molecule is Cc1c(NC(=O)c2ccc(F)cc2Cl)cccc1[N+](=O)[O-]. The number of nitrogens with one attached hydrogen (secondary N) is 1. The van der Waals surface area contributed by atoms with E-state index in [1.165, 1.54) is 31.2 Å². The molecule has 21 heavy (non-hydrogen) atoms. The average molecular weight is 309 g/mol. The number of carbonyl (C=O) groups excluding carboxylic acids is 1. The van der Waals surface area contributed by atoms with Crippen LogP contribution < -0.4 is 5.32 Å². The van der Waals surface area contributed by atoms with E-state index in [0.717, 1.165) is 12.1 Å². The molecule has 0 heterocycles. The second-order valence-electron chi connectivity index (χ2n) is 4.29. The highest BCUT2D eigenvalue weighted by Crippen LogP contribution is 2.26. The molecule has 0 spiro atoms. The minimum atomic E-state index is -0.566. The number of amides is 1. The fraction of sp³-hybridized carbons (Fsp3) is 0.0714. The number of carbonyl (C=O) groups is 1. The molecule has 7 heteroatoms. The van der Waals surface area contributed by atoms with E-state index in [4.69, 9.17) is 11.6 Å². The van der Waals surface area contributed by atoms with E-state index < -0.39 is 16.6 Å². The summed E-state index contributed by atoms with van der Waals surface area (Å²) in [5.41, 5.74) is 0.616. The van der Waals surface area contributed by atoms with Crippen molar-refractivity contribution < 1.29 is 14.1 Å². The Labute approximate surface area is 124 Å². The lowest BCUT2D eigenvalue weighted by Crippen LogP contribution is -2.13. The number of anilines is 1. The molecule has 0 bridgehead atoms. The average Bonchev–Trinajstić information content (AvgIpc) is 2.40. The minimum Gasteiger partial charge on any atom is -0.321 e. The van der Waals surface area contributed by atoms with E-state index in [1.807, 2.05) is 0 Å². The number of halogens is 2. The summed E-state index contributed by atoms with van der Waals surface area (Å²) in [5, 5.41) is 13.4. The molecule has 5 nitrogen and oxygen atoms in total. The second kappa shape index (κ2) is 5.88. The van der Waals surface area contributed by atoms with Gasteiger partial charge >= 0.3 is 0 Å². The van der Waals surface area contributed by atoms with Crippen molar-refractivity contribution in [2.45, 2.75) is 6.92 Å². The lowest BCUT2D eigenvalue weighted by molar-refractivity contribution is -0.385. The molecule has 0 radical (unpaired) electrons. The second-order valence-corrected chi connectivity index (χ2v) is 4.69. The predicted molar refractivity (Wildman–Crippen MR) is 77.2 cm³/mol. The van der Waals surface area contributed by atoms with Gasteiger partial charge in [-0.05, 0) is 31.2 Å². The van der Waals surface area contributed by atoms with Gasteiger partial charge in [-0.25, -0.2) is 4.39 Å². The van der Waals surface area contributed by atoms with E-state index in [9.17, 15) is 19.3 Å². The molecule has 0 aromatic heterocycles. The Morgan fingerprint density at radius 1 is 1.33 bits per heavy atom. The van der Waals surface area contributed by atoms with Crippen LogP contribution in [0.2, 0.25) is 5.02 Å². The number of hydrogen-bond donors (Lipinski definition) is 1. The van der Waals surface area contributed by atoms with E-state index in [0.29, 0.717) is 11.3 Å². The van der Waals surface area contributed by atoms with Gasteiger partial charge in [-0.2, -0.15) is 0 Å². The van der Waals surface area contributed by atoms with Crippen molar-refractivity contribution in [3.63, 3.8) is 0 Å². The first-order valence-electron chi connectivity index (χ1n) is 5.90. The largest absolute Gasteiger partial charge is 0.321 e. The molecule has 0 saturated heterocycles. The summed E-state index contributed by atoms with van der Waals surface area (Å²) in [7, 11) is 0. The van der Waals surface area contributed by atoms with Crippen LogP contribution >= 0.6 is 11.6 Å². The maximum Gasteiger partial charge on any atom is 0.274 e. The van der Waals surface area contributed by atoms with Crippen molar-refractivity contribution in [1.29, 1.82) is 0 Å². The van der Waals surface area contributed by atoms with E-state index in [2.05, 4.69) is 5.32 Å². The third kappa shape index (κ3) is 3.17. The zero-order chi connectivity index (χ0) is 15.6. The zero-order valence-electron chi connectivity index (χ0n) is 10.9. The van der Waals surface area contributed by atoms with Crippen molar-refractivity contribution in [2.24, 2.45) is 0 Å². The monoisotopic (exact) mass is 308 g/mol. The molecule has 1 N–H and O–H groups in total. The zero-order valence-corrected chi connectivity index (χ0v) is 11.6. The summed E-state index contributed by atoms with van der Waals surface area (Å²) in [6.07, 6.45) is 0. The number of rotatable bonds is 3. The molecular formula is C14H10ClFN2O3. The molecule has 0 aliphatic heterocycles. The molecule has 0 unspecified atom stereocenters. The lowest BCUT2D eigenvalue weighted by atomic mass is 10.1. The van der Waals surface area contributed by atoms with Gasteiger partial charge in [0, 0.05) is 6.07 Å². The first-order chi connectivity index (χ1) is 9.90. The first-order valence-corrected chi connectivity index (χ1v) is 6.28. The Morgan fingerprint density at radius 3 is 2.67 bits per heavy atom. The number of hydrogen-bond acceptors (Lipinski definition) is 3. The van der Waals surface area contributed by atoms with Crippen LogP contribution in [0.15, 0.2) is 36.4 Å². The molecule has 0 atom stereocenters. The maximum atomic E-state index is 13.0. The Morgan fingerprint density at radius 2 is 2.05 bits per heavy atom. The van der Waals surface area contributed by atoms with Gasteiger partial charge in [-0.1, -0.05) is 17.7 Å². The maximum absolute atomic E-state index is 13.0. The molecule has 108 valence electrons. The topological polar surface area (TPSA) is 72.2 Å². The molecule has 2 rings (SSSR count). The summed E-state index contributed by atoms with van der Waals surface area (Å²) >= 11 is 5.80. The number of nitrogens with zero attached hydrogens (tertiary/aromatic N) is 1. The normalized spacial score (nSPS) is 10.2. The predicted octanol–water partition coefficient (Wildman–Crippen LogP) is 3.95. The number of nitro benzene ring substituents is 1. The van der Waals surface area contributed by atoms with Crippen molar-refractivity contribution in [2.75, 3.05) is 5.32 Å². The smallest absolute Gasteiger partial charge is 0.274 e. The van der Waals surface area contributed by atoms with Gasteiger partial charge in [0.2, 0.25) is 0 Å². The van der Waals surface area contributed by atoms with Crippen LogP contribution in [-0.4, -0.2) is 10.8 Å². The van der Waals surface area contributed by atoms with Crippen LogP contribution in [0.25, 0.3) is 0 Å². The van der Waals surface area contributed by atoms with Gasteiger partial charge in [0.15, 0.2) is 0 Å². The first kappa shape index (κ1) is 14.9. The minimum absolute atomic E-state index is 0.0319. The molecule has 2 aromatic rings. The Kier molecular flexibility index (Phi) is 4.18. The molecule has 0 fully saturated rings. The highest BCUT2D eigenvalue weighted by atomic mass is 35.5. The Balaban J connectivity index is 2.32. The van der Waals surface area contributed by atoms with Gasteiger partial charge in [0.1, 0.15) is 5.82 Å². The van der Waals surface area contributed by atoms with Gasteiger partial charge in [-0.3, -0.25) is 14.9 Å². The van der Waals surface area contributed by atoms with Crippen molar-refractivity contribution in [3.05, 3.63) is 68.5 Å². The van der Waals surface area contributed by atoms with Crippen molar-refractivity contribution in [1.82, 2.24) is 0 Å². The van der Waals surface area contributed by atoms with E-state index in [-0.39, 0.29) is 16.3 Å². The fourth-order valence-electron chi connectivity index (χ4n) is 1.82. The van der Waals surface area contributed by atoms with Crippen molar-refractivity contribution >= 4 is 28.9 Å². The van der Waals surface area contributed by atoms with Crippen molar-refractivity contribution in [3.8, 4) is 0 Å². The summed E-state index contributed by atoms with van der Waals surface area (Å²) in [6.45, 7) is 1.53. The van der Waals surface area contributed by atoms with Gasteiger partial charge in [0.05, 0.1) is 26.8 Å². The summed E-state index contributed by atoms with van der Waals surface area (Å²) in [6, 6.07) is 7.73. The van der Waals surface area contributed by atoms with Crippen LogP contribution in [-0.2, 0) is 0 Å². The summed E-state index contributed by atoms with van der Waals surface area (Å²) in [4.78, 5) is 22.4. The quantitative estimate of drug-likeness (QED) is 0.689. The molecule has 2 aromatic carbocycles. The lowest BCUT2D eigenvalue weighted by Gasteiger charge is -2.09. The molecule has 0 saturated carbocycles. The van der Waals surface area contributed by atoms with Gasteiger partial charge in [0.25, 0.3) is 11.6 Å². The highest BCUT2D eigenvalue weighted by molar-refractivity contribution is 6.34. The number of nitro groups is 1. The summed E-state index contributed by atoms with van der Waals surface area (Å²) < 4.78 is 13.0. The van der Waals surface area contributed by atoms with Gasteiger partial charge in [-0.15, -0.1) is 0 Å². The third-order valence-electron chi connectivity index (χ3n) is 2.93. The molecular weight excluding hydrogens is 299 g/mol. The van der Waals surface area contributed by atoms with E-state index >= 15 is 0 Å². The van der Waals surface area contributed by atoms with Gasteiger partial charge < -0.3 is 5.32 Å². The molecule has 0 aliphatic carbocycles. The fourth-order valence-corrected chi connectivity index (χ4v) is 2.07. The van der Waals surface area contributed by atoms with Crippen LogP contribution in [0.3, 0.4) is 0 Å². The van der Waals surface area contributed by atoms with E-state index in [1.54, 1.807) is 0 Å². The van der Waals surface area contributed by atoms with Crippen LogP contribution in [0, 0.1) is 22.9 Å². The molecule has 0 aliphatic rings. The standard InChI is InChI=1S/C14H10ClFN2O3/c1-8-12(3-2-4-13(8)18(20)21)17-14(19)10-6-5-9(16)7-11(10)15/h2-7H,1H3,(H,17,19). The Hall–Kier alpha value is -2.47.